The van der Waals surface area contributed by atoms with Gasteiger partial charge in [0.05, 0.1) is 11.6 Å². The normalized spacial score (nSPS) is 12.4. The first-order chi connectivity index (χ1) is 8.45. The molecule has 100 valence electrons. The van der Waals surface area contributed by atoms with E-state index in [1.54, 1.807) is 5.38 Å². The highest BCUT2D eigenvalue weighted by Gasteiger charge is 2.22. The van der Waals surface area contributed by atoms with E-state index in [0.717, 1.165) is 5.01 Å². The van der Waals surface area contributed by atoms with Crippen LogP contribution in [0, 0.1) is 0 Å². The van der Waals surface area contributed by atoms with Crippen molar-refractivity contribution in [3.8, 4) is 0 Å². The van der Waals surface area contributed by atoms with Gasteiger partial charge in [0.1, 0.15) is 5.69 Å². The SMILES string of the molecule is COCC(NC(=O)c1csc(C(C)C)n1)C(=O)O. The van der Waals surface area contributed by atoms with Gasteiger partial charge in [0, 0.05) is 18.4 Å². The van der Waals surface area contributed by atoms with Gasteiger partial charge in [0.15, 0.2) is 6.04 Å². The second-order valence-corrected chi connectivity index (χ2v) is 4.93. The third kappa shape index (κ3) is 3.78. The number of ether oxygens (including phenoxy) is 1. The van der Waals surface area contributed by atoms with E-state index in [0.29, 0.717) is 0 Å². The molecule has 1 aromatic heterocycles. The first-order valence-electron chi connectivity index (χ1n) is 5.43. The zero-order valence-corrected chi connectivity index (χ0v) is 11.3. The van der Waals surface area contributed by atoms with Crippen molar-refractivity contribution in [2.75, 3.05) is 13.7 Å². The van der Waals surface area contributed by atoms with Crippen LogP contribution in [0.2, 0.25) is 0 Å². The third-order valence-corrected chi connectivity index (χ3v) is 3.33. The molecule has 1 rings (SSSR count). The fourth-order valence-corrected chi connectivity index (χ4v) is 2.05. The zero-order chi connectivity index (χ0) is 13.7. The lowest BCUT2D eigenvalue weighted by Gasteiger charge is -2.12. The molecule has 1 unspecified atom stereocenters. The summed E-state index contributed by atoms with van der Waals surface area (Å²) in [5.41, 5.74) is 0.242. The van der Waals surface area contributed by atoms with Gasteiger partial charge in [0.2, 0.25) is 0 Å². The van der Waals surface area contributed by atoms with Crippen molar-refractivity contribution in [1.29, 1.82) is 0 Å². The fourth-order valence-electron chi connectivity index (χ4n) is 1.23. The molecule has 6 nitrogen and oxygen atoms in total. The number of aromatic nitrogens is 1. The van der Waals surface area contributed by atoms with Crippen LogP contribution in [0.25, 0.3) is 0 Å². The maximum atomic E-state index is 11.8. The van der Waals surface area contributed by atoms with Crippen LogP contribution in [0.3, 0.4) is 0 Å². The Labute approximate surface area is 109 Å². The van der Waals surface area contributed by atoms with Crippen LogP contribution in [0.1, 0.15) is 35.3 Å². The summed E-state index contributed by atoms with van der Waals surface area (Å²) in [5.74, 6) is -1.39. The summed E-state index contributed by atoms with van der Waals surface area (Å²) in [6, 6.07) is -1.06. The van der Waals surface area contributed by atoms with E-state index in [2.05, 4.69) is 10.3 Å². The Balaban J connectivity index is 2.71. The summed E-state index contributed by atoms with van der Waals surface area (Å²) in [7, 11) is 1.38. The molecule has 2 N–H and O–H groups in total. The van der Waals surface area contributed by atoms with Gasteiger partial charge in [-0.15, -0.1) is 11.3 Å². The molecule has 0 saturated heterocycles. The molecule has 18 heavy (non-hydrogen) atoms. The number of nitrogens with one attached hydrogen (secondary N) is 1. The molecule has 1 heterocycles. The van der Waals surface area contributed by atoms with Crippen LogP contribution in [0.5, 0.6) is 0 Å². The molecule has 0 aliphatic rings. The van der Waals surface area contributed by atoms with Gasteiger partial charge in [-0.25, -0.2) is 9.78 Å². The predicted molar refractivity (Wildman–Crippen MR) is 67.0 cm³/mol. The fraction of sp³-hybridized carbons (Fsp3) is 0.545. The third-order valence-electron chi connectivity index (χ3n) is 2.19. The van der Waals surface area contributed by atoms with Crippen molar-refractivity contribution in [3.05, 3.63) is 16.1 Å². The molecule has 7 heteroatoms. The minimum Gasteiger partial charge on any atom is -0.480 e. The molecule has 1 aromatic rings. The molecular formula is C11H16N2O4S. The van der Waals surface area contributed by atoms with Crippen LogP contribution in [0.15, 0.2) is 5.38 Å². The van der Waals surface area contributed by atoms with Crippen molar-refractivity contribution < 1.29 is 19.4 Å². The number of carboxylic acid groups (broad SMARTS) is 1. The Kier molecular flexibility index (Phi) is 5.24. The molecule has 1 amide bonds. The highest BCUT2D eigenvalue weighted by molar-refractivity contribution is 7.09. The number of hydrogen-bond donors (Lipinski definition) is 2. The highest BCUT2D eigenvalue weighted by atomic mass is 32.1. The number of carbonyl (C=O) groups is 2. The van der Waals surface area contributed by atoms with E-state index >= 15 is 0 Å². The molecule has 0 aliphatic carbocycles. The van der Waals surface area contributed by atoms with Crippen LogP contribution < -0.4 is 5.32 Å². The van der Waals surface area contributed by atoms with Crippen LogP contribution in [-0.2, 0) is 9.53 Å². The highest BCUT2D eigenvalue weighted by Crippen LogP contribution is 2.19. The number of aliphatic carboxylic acids is 1. The van der Waals surface area contributed by atoms with Gasteiger partial charge in [-0.2, -0.15) is 0 Å². The minimum atomic E-state index is -1.13. The quantitative estimate of drug-likeness (QED) is 0.809. The van der Waals surface area contributed by atoms with Crippen molar-refractivity contribution in [1.82, 2.24) is 10.3 Å². The standard InChI is InChI=1S/C11H16N2O4S/c1-6(2)10-13-8(5-18-10)9(14)12-7(4-17-3)11(15)16/h5-7H,4H2,1-3H3,(H,12,14)(H,15,16). The maximum Gasteiger partial charge on any atom is 0.328 e. The van der Waals surface area contributed by atoms with E-state index in [1.165, 1.54) is 18.4 Å². The van der Waals surface area contributed by atoms with Crippen molar-refractivity contribution in [3.63, 3.8) is 0 Å². The summed E-state index contributed by atoms with van der Waals surface area (Å²) < 4.78 is 4.73. The largest absolute Gasteiger partial charge is 0.480 e. The summed E-state index contributed by atoms with van der Waals surface area (Å²) in [5, 5.41) is 13.7. The van der Waals surface area contributed by atoms with Gasteiger partial charge in [-0.3, -0.25) is 4.79 Å². The van der Waals surface area contributed by atoms with Gasteiger partial charge in [-0.1, -0.05) is 13.8 Å². The van der Waals surface area contributed by atoms with Crippen molar-refractivity contribution in [2.45, 2.75) is 25.8 Å². The van der Waals surface area contributed by atoms with Crippen LogP contribution >= 0.6 is 11.3 Å². The van der Waals surface area contributed by atoms with Crippen molar-refractivity contribution in [2.24, 2.45) is 0 Å². The molecule has 0 saturated carbocycles. The van der Waals surface area contributed by atoms with E-state index in [1.807, 2.05) is 13.8 Å². The monoisotopic (exact) mass is 272 g/mol. The second-order valence-electron chi connectivity index (χ2n) is 4.05. The van der Waals surface area contributed by atoms with Gasteiger partial charge in [0.25, 0.3) is 5.91 Å². The Morgan fingerprint density at radius 3 is 2.67 bits per heavy atom. The molecule has 0 spiro atoms. The van der Waals surface area contributed by atoms with Gasteiger partial charge >= 0.3 is 5.97 Å². The minimum absolute atomic E-state index is 0.0811. The Morgan fingerprint density at radius 2 is 2.22 bits per heavy atom. The molecule has 0 radical (unpaired) electrons. The molecule has 0 bridgehead atoms. The lowest BCUT2D eigenvalue weighted by molar-refractivity contribution is -0.140. The molecule has 1 atom stereocenters. The number of nitrogens with zero attached hydrogens (tertiary/aromatic N) is 1. The van der Waals surface area contributed by atoms with E-state index < -0.39 is 17.9 Å². The summed E-state index contributed by atoms with van der Waals surface area (Å²) >= 11 is 1.38. The number of hydrogen-bond acceptors (Lipinski definition) is 5. The van der Waals surface area contributed by atoms with E-state index in [4.69, 9.17) is 9.84 Å². The topological polar surface area (TPSA) is 88.5 Å². The second kappa shape index (κ2) is 6.46. The summed E-state index contributed by atoms with van der Waals surface area (Å²) in [4.78, 5) is 26.8. The zero-order valence-electron chi connectivity index (χ0n) is 10.5. The van der Waals surface area contributed by atoms with Gasteiger partial charge in [-0.05, 0) is 0 Å². The number of carbonyl (C=O) groups excluding carboxylic acids is 1. The maximum absolute atomic E-state index is 11.8. The van der Waals surface area contributed by atoms with E-state index in [9.17, 15) is 9.59 Å². The van der Waals surface area contributed by atoms with Crippen LogP contribution in [-0.4, -0.2) is 41.7 Å². The molecule has 0 aliphatic heterocycles. The molecule has 0 fully saturated rings. The number of methoxy groups -OCH3 is 1. The average molecular weight is 272 g/mol. The molecule has 0 aromatic carbocycles. The molecular weight excluding hydrogens is 256 g/mol. The number of thiazole rings is 1. The van der Waals surface area contributed by atoms with E-state index in [-0.39, 0.29) is 18.2 Å². The smallest absolute Gasteiger partial charge is 0.328 e. The van der Waals surface area contributed by atoms with Crippen molar-refractivity contribution >= 4 is 23.2 Å². The Morgan fingerprint density at radius 1 is 1.56 bits per heavy atom. The number of rotatable bonds is 6. The predicted octanol–water partition coefficient (Wildman–Crippen LogP) is 1.10. The lowest BCUT2D eigenvalue weighted by Crippen LogP contribution is -2.43. The number of carboxylic acids is 1. The Hall–Kier alpha value is -1.47. The Bertz CT molecular complexity index is 430. The van der Waals surface area contributed by atoms with Gasteiger partial charge < -0.3 is 15.2 Å². The number of amides is 1. The van der Waals surface area contributed by atoms with Crippen LogP contribution in [0.4, 0.5) is 0 Å². The summed E-state index contributed by atoms with van der Waals surface area (Å²) in [6.07, 6.45) is 0. The first kappa shape index (κ1) is 14.6. The summed E-state index contributed by atoms with van der Waals surface area (Å²) in [6.45, 7) is 3.87. The lowest BCUT2D eigenvalue weighted by atomic mass is 10.2. The first-order valence-corrected chi connectivity index (χ1v) is 6.31. The average Bonchev–Trinajstić information content (AvgIpc) is 2.77.